The van der Waals surface area contributed by atoms with Crippen LogP contribution in [-0.4, -0.2) is 16.6 Å². The predicted octanol–water partition coefficient (Wildman–Crippen LogP) is 4.29. The molecule has 0 N–H and O–H groups in total. The van der Waals surface area contributed by atoms with Gasteiger partial charge in [0.25, 0.3) is 5.69 Å². The van der Waals surface area contributed by atoms with Crippen molar-refractivity contribution >= 4 is 23.1 Å². The average Bonchev–Trinajstić information content (AvgIpc) is 2.65. The van der Waals surface area contributed by atoms with Crippen molar-refractivity contribution in [1.29, 1.82) is 0 Å². The smallest absolute Gasteiger partial charge is 0.269 e. The van der Waals surface area contributed by atoms with E-state index in [9.17, 15) is 14.9 Å². The molecule has 0 radical (unpaired) electrons. The largest absolute Gasteiger partial charge is 0.466 e. The zero-order valence-electron chi connectivity index (χ0n) is 14.3. The Morgan fingerprint density at radius 2 is 1.96 bits per heavy atom. The first-order chi connectivity index (χ1) is 12.5. The molecule has 4 rings (SSSR count). The van der Waals surface area contributed by atoms with Gasteiger partial charge in [0, 0.05) is 42.0 Å². The maximum absolute atomic E-state index is 11.9. The fourth-order valence-electron chi connectivity index (χ4n) is 3.57. The summed E-state index contributed by atoms with van der Waals surface area (Å²) < 4.78 is 6.27. The highest BCUT2D eigenvalue weighted by Crippen LogP contribution is 2.45. The number of nitro benzene ring substituents is 1. The summed E-state index contributed by atoms with van der Waals surface area (Å²) in [5, 5.41) is 10.9. The van der Waals surface area contributed by atoms with Crippen LogP contribution in [0, 0.1) is 16.0 Å². The summed E-state index contributed by atoms with van der Waals surface area (Å²) in [5.74, 6) is 0.726. The molecule has 2 aliphatic rings. The molecule has 1 saturated carbocycles. The van der Waals surface area contributed by atoms with Crippen molar-refractivity contribution < 1.29 is 14.5 Å². The molecule has 2 aromatic carbocycles. The monoisotopic (exact) mass is 350 g/mol. The third kappa shape index (κ3) is 2.77. The lowest BCUT2D eigenvalue weighted by molar-refractivity contribution is -0.384. The molecule has 132 valence electrons. The van der Waals surface area contributed by atoms with Crippen LogP contribution < -0.4 is 0 Å². The van der Waals surface area contributed by atoms with E-state index < -0.39 is 10.5 Å². The Morgan fingerprint density at radius 1 is 1.23 bits per heavy atom. The van der Waals surface area contributed by atoms with Crippen molar-refractivity contribution in [3.8, 4) is 0 Å². The normalized spacial score (nSPS) is 24.1. The Bertz CT molecular complexity index is 920. The molecule has 2 aromatic rings. The second kappa shape index (κ2) is 6.05. The second-order valence-corrected chi connectivity index (χ2v) is 6.98. The number of nitrogens with zero attached hydrogens (tertiary/aromatic N) is 2. The Kier molecular flexibility index (Phi) is 3.83. The number of benzene rings is 2. The minimum Gasteiger partial charge on any atom is -0.466 e. The SMILES string of the molecule is CC1(CC2CCC2=O)OC(c2ccc([N+](=O)[O-])cc2)=Nc2ccccc21. The lowest BCUT2D eigenvalue weighted by Crippen LogP contribution is -2.39. The third-order valence-electron chi connectivity index (χ3n) is 5.17. The van der Waals surface area contributed by atoms with Gasteiger partial charge in [-0.2, -0.15) is 0 Å². The molecule has 1 fully saturated rings. The molecule has 1 aliphatic heterocycles. The first-order valence-electron chi connectivity index (χ1n) is 8.61. The van der Waals surface area contributed by atoms with E-state index in [1.165, 1.54) is 12.1 Å². The highest BCUT2D eigenvalue weighted by molar-refractivity contribution is 5.97. The van der Waals surface area contributed by atoms with Gasteiger partial charge in [0.1, 0.15) is 11.4 Å². The molecule has 2 atom stereocenters. The zero-order valence-corrected chi connectivity index (χ0v) is 14.3. The van der Waals surface area contributed by atoms with Crippen molar-refractivity contribution in [2.45, 2.75) is 31.8 Å². The van der Waals surface area contributed by atoms with Crippen molar-refractivity contribution in [3.05, 3.63) is 69.8 Å². The van der Waals surface area contributed by atoms with Crippen LogP contribution in [0.1, 0.15) is 37.3 Å². The van der Waals surface area contributed by atoms with Gasteiger partial charge in [-0.25, -0.2) is 4.99 Å². The molecule has 6 nitrogen and oxygen atoms in total. The van der Waals surface area contributed by atoms with E-state index in [0.717, 1.165) is 17.7 Å². The van der Waals surface area contributed by atoms with Crippen LogP contribution in [0.25, 0.3) is 0 Å². The Labute approximate surface area is 150 Å². The fourth-order valence-corrected chi connectivity index (χ4v) is 3.57. The molecular weight excluding hydrogens is 332 g/mol. The van der Waals surface area contributed by atoms with E-state index in [-0.39, 0.29) is 17.4 Å². The van der Waals surface area contributed by atoms with Crippen molar-refractivity contribution in [3.63, 3.8) is 0 Å². The summed E-state index contributed by atoms with van der Waals surface area (Å²) in [6.45, 7) is 1.98. The van der Waals surface area contributed by atoms with Crippen molar-refractivity contribution in [2.75, 3.05) is 0 Å². The quantitative estimate of drug-likeness (QED) is 0.608. The van der Waals surface area contributed by atoms with E-state index in [0.29, 0.717) is 24.3 Å². The highest BCUT2D eigenvalue weighted by atomic mass is 16.6. The summed E-state index contributed by atoms with van der Waals surface area (Å²) >= 11 is 0. The number of fused-ring (bicyclic) bond motifs is 1. The van der Waals surface area contributed by atoms with Crippen molar-refractivity contribution in [1.82, 2.24) is 0 Å². The van der Waals surface area contributed by atoms with Gasteiger partial charge in [-0.1, -0.05) is 18.2 Å². The maximum Gasteiger partial charge on any atom is 0.269 e. The van der Waals surface area contributed by atoms with Gasteiger partial charge in [-0.3, -0.25) is 14.9 Å². The van der Waals surface area contributed by atoms with Gasteiger partial charge >= 0.3 is 0 Å². The zero-order chi connectivity index (χ0) is 18.3. The van der Waals surface area contributed by atoms with Gasteiger partial charge in [-0.15, -0.1) is 0 Å². The number of hydrogen-bond acceptors (Lipinski definition) is 5. The molecule has 0 amide bonds. The number of ether oxygens (including phenoxy) is 1. The number of hydrogen-bond donors (Lipinski definition) is 0. The van der Waals surface area contributed by atoms with Crippen molar-refractivity contribution in [2.24, 2.45) is 10.9 Å². The maximum atomic E-state index is 11.9. The highest BCUT2D eigenvalue weighted by Gasteiger charge is 2.42. The minimum absolute atomic E-state index is 0.0178. The van der Waals surface area contributed by atoms with Crippen LogP contribution in [-0.2, 0) is 15.1 Å². The number of rotatable bonds is 4. The minimum atomic E-state index is -0.657. The van der Waals surface area contributed by atoms with E-state index in [4.69, 9.17) is 4.74 Å². The number of carbonyl (C=O) groups excluding carboxylic acids is 1. The number of aliphatic imine (C=N–C) groups is 1. The molecular formula is C20H18N2O4. The molecule has 0 spiro atoms. The first-order valence-corrected chi connectivity index (χ1v) is 8.61. The van der Waals surface area contributed by atoms with Crippen LogP contribution in [0.2, 0.25) is 0 Å². The predicted molar refractivity (Wildman–Crippen MR) is 96.5 cm³/mol. The van der Waals surface area contributed by atoms with Crippen LogP contribution in [0.3, 0.4) is 0 Å². The van der Waals surface area contributed by atoms with Crippen LogP contribution in [0.4, 0.5) is 11.4 Å². The third-order valence-corrected chi connectivity index (χ3v) is 5.17. The summed E-state index contributed by atoms with van der Waals surface area (Å²) in [4.78, 5) is 26.9. The van der Waals surface area contributed by atoms with Crippen LogP contribution in [0.15, 0.2) is 53.5 Å². The standard InChI is InChI=1S/C20H18N2O4/c1-20(12-14-8-11-18(14)23)16-4-2-3-5-17(16)21-19(26-20)13-6-9-15(10-7-13)22(24)25/h2-7,9-10,14H,8,11-12H2,1H3. The molecule has 26 heavy (non-hydrogen) atoms. The Morgan fingerprint density at radius 3 is 2.58 bits per heavy atom. The van der Waals surface area contributed by atoms with E-state index >= 15 is 0 Å². The lowest BCUT2D eigenvalue weighted by atomic mass is 9.74. The Balaban J connectivity index is 1.71. The van der Waals surface area contributed by atoms with E-state index in [2.05, 4.69) is 4.99 Å². The molecule has 2 unspecified atom stereocenters. The van der Waals surface area contributed by atoms with Gasteiger partial charge in [-0.05, 0) is 31.5 Å². The number of nitro groups is 1. The molecule has 6 heteroatoms. The number of Topliss-reactive ketones (excluding diaryl/α,β-unsaturated/α-hetero) is 1. The molecule has 0 saturated heterocycles. The molecule has 0 aromatic heterocycles. The Hall–Kier alpha value is -3.02. The van der Waals surface area contributed by atoms with Gasteiger partial charge in [0.2, 0.25) is 5.90 Å². The summed E-state index contributed by atoms with van der Waals surface area (Å²) in [5.41, 5.74) is 1.81. The average molecular weight is 350 g/mol. The molecule has 1 aliphatic carbocycles. The lowest BCUT2D eigenvalue weighted by Gasteiger charge is -2.39. The van der Waals surface area contributed by atoms with E-state index in [1.807, 2.05) is 31.2 Å². The van der Waals surface area contributed by atoms with Gasteiger partial charge < -0.3 is 4.74 Å². The fraction of sp³-hybridized carbons (Fsp3) is 0.300. The molecule has 1 heterocycles. The van der Waals surface area contributed by atoms with Gasteiger partial charge in [0.05, 0.1) is 10.6 Å². The summed E-state index contributed by atoms with van der Waals surface area (Å²) in [6.07, 6.45) is 2.14. The van der Waals surface area contributed by atoms with Crippen LogP contribution >= 0.6 is 0 Å². The topological polar surface area (TPSA) is 81.8 Å². The number of ketones is 1. The summed E-state index contributed by atoms with van der Waals surface area (Å²) in [7, 11) is 0. The van der Waals surface area contributed by atoms with Crippen LogP contribution in [0.5, 0.6) is 0 Å². The number of carbonyl (C=O) groups is 1. The second-order valence-electron chi connectivity index (χ2n) is 6.98. The summed E-state index contributed by atoms with van der Waals surface area (Å²) in [6, 6.07) is 13.9. The van der Waals surface area contributed by atoms with Gasteiger partial charge in [0.15, 0.2) is 0 Å². The number of non-ortho nitro benzene ring substituents is 1. The first kappa shape index (κ1) is 16.4. The number of para-hydroxylation sites is 1. The molecule has 0 bridgehead atoms. The van der Waals surface area contributed by atoms with E-state index in [1.54, 1.807) is 12.1 Å².